The van der Waals surface area contributed by atoms with Gasteiger partial charge in [-0.05, 0) is 24.1 Å². The largest absolute Gasteiger partial charge is 0.478 e. The zero-order valence-electron chi connectivity index (χ0n) is 9.44. The van der Waals surface area contributed by atoms with Crippen LogP contribution in [-0.2, 0) is 0 Å². The number of anilines is 1. The lowest BCUT2D eigenvalue weighted by Crippen LogP contribution is -2.11. The Hall–Kier alpha value is -1.55. The van der Waals surface area contributed by atoms with Gasteiger partial charge in [0.25, 0.3) is 0 Å². The van der Waals surface area contributed by atoms with Gasteiger partial charge in [0.15, 0.2) is 0 Å². The van der Waals surface area contributed by atoms with Crippen LogP contribution in [0.4, 0.5) is 5.69 Å². The van der Waals surface area contributed by atoms with E-state index in [1.165, 1.54) is 6.07 Å². The molecule has 0 fully saturated rings. The Morgan fingerprint density at radius 2 is 2.19 bits per heavy atom. The smallest absolute Gasteiger partial charge is 0.337 e. The summed E-state index contributed by atoms with van der Waals surface area (Å²) in [4.78, 5) is 10.8. The van der Waals surface area contributed by atoms with E-state index in [0.29, 0.717) is 0 Å². The lowest BCUT2D eigenvalue weighted by Gasteiger charge is -2.12. The lowest BCUT2D eigenvalue weighted by atomic mass is 9.99. The molecule has 1 aromatic carbocycles. The van der Waals surface area contributed by atoms with Gasteiger partial charge in [0, 0.05) is 11.7 Å². The molecule has 0 radical (unpaired) electrons. The summed E-state index contributed by atoms with van der Waals surface area (Å²) in [6.07, 6.45) is 3.04. The molecule has 0 aliphatic heterocycles. The minimum atomic E-state index is -1.01. The van der Waals surface area contributed by atoms with Crippen molar-refractivity contribution in [2.45, 2.75) is 32.2 Å². The van der Waals surface area contributed by atoms with Gasteiger partial charge in [0.1, 0.15) is 0 Å². The maximum absolute atomic E-state index is 10.8. The third-order valence-electron chi connectivity index (χ3n) is 2.60. The van der Waals surface area contributed by atoms with E-state index in [1.807, 2.05) is 0 Å². The quantitative estimate of drug-likeness (QED) is 0.666. The molecule has 0 aliphatic carbocycles. The number of nitrogen functional groups attached to an aromatic ring is 1. The fraction of sp³-hybridized carbons (Fsp3) is 0.417. The van der Waals surface area contributed by atoms with Crippen LogP contribution in [0.15, 0.2) is 18.2 Å². The standard InChI is InChI=1S/C12H18N2O2/c1-2-3-4-10(13)8-5-6-9(12(15)16)11(14)7-8/h5-7,10H,2-4,13-14H2,1H3,(H,15,16)/t10-/m1/s1. The van der Waals surface area contributed by atoms with E-state index in [4.69, 9.17) is 16.6 Å². The molecular formula is C12H18N2O2. The summed E-state index contributed by atoms with van der Waals surface area (Å²) >= 11 is 0. The second kappa shape index (κ2) is 5.51. The molecule has 4 nitrogen and oxygen atoms in total. The first-order valence-corrected chi connectivity index (χ1v) is 5.44. The third kappa shape index (κ3) is 2.97. The number of hydrogen-bond acceptors (Lipinski definition) is 3. The highest BCUT2D eigenvalue weighted by Gasteiger charge is 2.11. The molecule has 0 bridgehead atoms. The molecule has 1 aromatic rings. The first-order valence-electron chi connectivity index (χ1n) is 5.44. The number of aromatic carboxylic acids is 1. The first kappa shape index (κ1) is 12.5. The van der Waals surface area contributed by atoms with Gasteiger partial charge in [-0.15, -0.1) is 0 Å². The molecule has 0 heterocycles. The molecule has 0 saturated heterocycles. The van der Waals surface area contributed by atoms with E-state index in [-0.39, 0.29) is 17.3 Å². The van der Waals surface area contributed by atoms with Gasteiger partial charge in [0.2, 0.25) is 0 Å². The molecule has 0 amide bonds. The number of nitrogens with two attached hydrogens (primary N) is 2. The molecule has 1 atom stereocenters. The van der Waals surface area contributed by atoms with Crippen molar-refractivity contribution in [1.29, 1.82) is 0 Å². The first-order chi connectivity index (χ1) is 7.56. The summed E-state index contributed by atoms with van der Waals surface area (Å²) < 4.78 is 0. The van der Waals surface area contributed by atoms with Crippen molar-refractivity contribution in [3.63, 3.8) is 0 Å². The minimum absolute atomic E-state index is 0.0647. The minimum Gasteiger partial charge on any atom is -0.478 e. The van der Waals surface area contributed by atoms with Crippen LogP contribution in [0, 0.1) is 0 Å². The summed E-state index contributed by atoms with van der Waals surface area (Å²) in [5, 5.41) is 8.83. The van der Waals surface area contributed by atoms with Gasteiger partial charge >= 0.3 is 5.97 Å². The highest BCUT2D eigenvalue weighted by Crippen LogP contribution is 2.21. The van der Waals surface area contributed by atoms with Crippen LogP contribution >= 0.6 is 0 Å². The van der Waals surface area contributed by atoms with Gasteiger partial charge in [-0.3, -0.25) is 0 Å². The normalized spacial score (nSPS) is 12.4. The van der Waals surface area contributed by atoms with Crippen molar-refractivity contribution in [3.8, 4) is 0 Å². The maximum Gasteiger partial charge on any atom is 0.337 e. The highest BCUT2D eigenvalue weighted by molar-refractivity contribution is 5.93. The van der Waals surface area contributed by atoms with E-state index >= 15 is 0 Å². The van der Waals surface area contributed by atoms with Crippen LogP contribution in [0.25, 0.3) is 0 Å². The van der Waals surface area contributed by atoms with Crippen molar-refractivity contribution in [1.82, 2.24) is 0 Å². The summed E-state index contributed by atoms with van der Waals surface area (Å²) in [6.45, 7) is 2.11. The second-order valence-corrected chi connectivity index (χ2v) is 3.90. The van der Waals surface area contributed by atoms with Crippen LogP contribution in [0.2, 0.25) is 0 Å². The van der Waals surface area contributed by atoms with Crippen molar-refractivity contribution < 1.29 is 9.90 Å². The zero-order valence-corrected chi connectivity index (χ0v) is 9.44. The average Bonchev–Trinajstić information content (AvgIpc) is 2.25. The summed E-state index contributed by atoms with van der Waals surface area (Å²) in [5.41, 5.74) is 12.9. The Balaban J connectivity index is 2.84. The van der Waals surface area contributed by atoms with Gasteiger partial charge in [0.05, 0.1) is 5.56 Å². The van der Waals surface area contributed by atoms with E-state index in [2.05, 4.69) is 6.92 Å². The number of carboxylic acid groups (broad SMARTS) is 1. The molecule has 5 N–H and O–H groups in total. The molecule has 0 spiro atoms. The Morgan fingerprint density at radius 3 is 2.69 bits per heavy atom. The number of carbonyl (C=O) groups is 1. The molecule has 0 aromatic heterocycles. The highest BCUT2D eigenvalue weighted by atomic mass is 16.4. The van der Waals surface area contributed by atoms with Gasteiger partial charge in [-0.1, -0.05) is 25.8 Å². The maximum atomic E-state index is 10.8. The molecule has 1 rings (SSSR count). The predicted molar refractivity (Wildman–Crippen MR) is 64.3 cm³/mol. The van der Waals surface area contributed by atoms with E-state index in [9.17, 15) is 4.79 Å². The van der Waals surface area contributed by atoms with Crippen LogP contribution < -0.4 is 11.5 Å². The number of benzene rings is 1. The van der Waals surface area contributed by atoms with Crippen LogP contribution in [-0.4, -0.2) is 11.1 Å². The Labute approximate surface area is 95.3 Å². The monoisotopic (exact) mass is 222 g/mol. The van der Waals surface area contributed by atoms with Crippen molar-refractivity contribution in [2.24, 2.45) is 5.73 Å². The molecule has 0 unspecified atom stereocenters. The van der Waals surface area contributed by atoms with Crippen LogP contribution in [0.5, 0.6) is 0 Å². The molecular weight excluding hydrogens is 204 g/mol. The number of unbranched alkanes of at least 4 members (excludes halogenated alkanes) is 1. The number of rotatable bonds is 5. The fourth-order valence-corrected chi connectivity index (χ4v) is 1.60. The molecule has 16 heavy (non-hydrogen) atoms. The molecule has 0 aliphatic rings. The Bertz CT molecular complexity index is 377. The van der Waals surface area contributed by atoms with Crippen molar-refractivity contribution in [3.05, 3.63) is 29.3 Å². The Morgan fingerprint density at radius 1 is 1.50 bits per heavy atom. The molecule has 0 saturated carbocycles. The van der Waals surface area contributed by atoms with Gasteiger partial charge in [-0.2, -0.15) is 0 Å². The lowest BCUT2D eigenvalue weighted by molar-refractivity contribution is 0.0698. The number of carboxylic acids is 1. The zero-order chi connectivity index (χ0) is 12.1. The van der Waals surface area contributed by atoms with Gasteiger partial charge < -0.3 is 16.6 Å². The summed E-state index contributed by atoms with van der Waals surface area (Å²) in [7, 11) is 0. The molecule has 88 valence electrons. The number of hydrogen-bond donors (Lipinski definition) is 3. The SMILES string of the molecule is CCCC[C@@H](N)c1ccc(C(=O)O)c(N)c1. The predicted octanol–water partition coefficient (Wildman–Crippen LogP) is 2.16. The van der Waals surface area contributed by atoms with Crippen molar-refractivity contribution in [2.75, 3.05) is 5.73 Å². The second-order valence-electron chi connectivity index (χ2n) is 3.90. The fourth-order valence-electron chi connectivity index (χ4n) is 1.60. The van der Waals surface area contributed by atoms with Crippen molar-refractivity contribution >= 4 is 11.7 Å². The summed E-state index contributed by atoms with van der Waals surface area (Å²) in [5.74, 6) is -1.01. The molecule has 4 heteroatoms. The third-order valence-corrected chi connectivity index (χ3v) is 2.60. The average molecular weight is 222 g/mol. The Kier molecular flexibility index (Phi) is 4.31. The van der Waals surface area contributed by atoms with E-state index < -0.39 is 5.97 Å². The van der Waals surface area contributed by atoms with Gasteiger partial charge in [-0.25, -0.2) is 4.79 Å². The summed E-state index contributed by atoms with van der Waals surface area (Å²) in [6, 6.07) is 4.84. The van der Waals surface area contributed by atoms with Crippen LogP contribution in [0.1, 0.15) is 48.1 Å². The topological polar surface area (TPSA) is 89.3 Å². The van der Waals surface area contributed by atoms with E-state index in [0.717, 1.165) is 24.8 Å². The van der Waals surface area contributed by atoms with E-state index in [1.54, 1.807) is 12.1 Å². The van der Waals surface area contributed by atoms with Crippen LogP contribution in [0.3, 0.4) is 0 Å².